The predicted molar refractivity (Wildman–Crippen MR) is 135 cm³/mol. The third-order valence-electron chi connectivity index (χ3n) is 5.33. The highest BCUT2D eigenvalue weighted by Crippen LogP contribution is 2.39. The van der Waals surface area contributed by atoms with Crippen LogP contribution in [0.1, 0.15) is 11.3 Å². The Balaban J connectivity index is 1.50. The van der Waals surface area contributed by atoms with E-state index >= 15 is 0 Å². The number of nitriles is 1. The van der Waals surface area contributed by atoms with Crippen molar-refractivity contribution in [3.8, 4) is 34.5 Å². The number of H-pyrrole nitrogens is 1. The first-order valence-corrected chi connectivity index (χ1v) is 11.2. The normalized spacial score (nSPS) is 10.8. The monoisotopic (exact) mass is 516 g/mol. The van der Waals surface area contributed by atoms with Gasteiger partial charge in [-0.1, -0.05) is 23.2 Å². The van der Waals surface area contributed by atoms with Gasteiger partial charge in [-0.15, -0.1) is 5.10 Å². The van der Waals surface area contributed by atoms with Crippen LogP contribution in [0.3, 0.4) is 0 Å². The summed E-state index contributed by atoms with van der Waals surface area (Å²) >= 11 is 12.8. The first-order valence-electron chi connectivity index (χ1n) is 10.5. The Hall–Kier alpha value is -4.52. The average molecular weight is 517 g/mol. The van der Waals surface area contributed by atoms with Gasteiger partial charge in [0.15, 0.2) is 5.75 Å². The highest BCUT2D eigenvalue weighted by Gasteiger charge is 2.16. The highest BCUT2D eigenvalue weighted by atomic mass is 35.5. The van der Waals surface area contributed by atoms with Crippen LogP contribution < -0.4 is 16.0 Å². The summed E-state index contributed by atoms with van der Waals surface area (Å²) in [6.07, 6.45) is 3.47. The van der Waals surface area contributed by atoms with E-state index in [0.29, 0.717) is 5.75 Å². The zero-order valence-corrected chi connectivity index (χ0v) is 20.0. The van der Waals surface area contributed by atoms with Gasteiger partial charge in [0.2, 0.25) is 5.69 Å². The molecule has 0 saturated carbocycles. The van der Waals surface area contributed by atoms with Gasteiger partial charge < -0.3 is 4.74 Å². The summed E-state index contributed by atoms with van der Waals surface area (Å²) in [7, 11) is 0. The molecule has 0 aliphatic heterocycles. The molecule has 0 fully saturated rings. The average Bonchev–Trinajstić information content (AvgIpc) is 2.87. The Morgan fingerprint density at radius 2 is 1.86 bits per heavy atom. The predicted octanol–water partition coefficient (Wildman–Crippen LogP) is 4.81. The molecule has 0 amide bonds. The lowest BCUT2D eigenvalue weighted by atomic mass is 10.1. The number of aryl methyl sites for hydroxylation is 1. The summed E-state index contributed by atoms with van der Waals surface area (Å²) in [6.45, 7) is 1.98. The molecule has 0 aliphatic carbocycles. The Morgan fingerprint density at radius 1 is 1.08 bits per heavy atom. The number of fused-ring (bicyclic) bond motifs is 1. The molecule has 0 spiro atoms. The van der Waals surface area contributed by atoms with Crippen LogP contribution in [0.2, 0.25) is 10.0 Å². The molecule has 0 aliphatic rings. The minimum atomic E-state index is -0.885. The number of rotatable bonds is 4. The second kappa shape index (κ2) is 9.26. The molecule has 9 nitrogen and oxygen atoms in total. The van der Waals surface area contributed by atoms with E-state index in [1.165, 1.54) is 12.1 Å². The van der Waals surface area contributed by atoms with Gasteiger partial charge in [0, 0.05) is 23.3 Å². The number of hydrogen-bond acceptors (Lipinski definition) is 7. The van der Waals surface area contributed by atoms with Gasteiger partial charge in [-0.25, -0.2) is 9.78 Å². The van der Waals surface area contributed by atoms with E-state index in [9.17, 15) is 9.59 Å². The van der Waals surface area contributed by atoms with Crippen molar-refractivity contribution in [2.75, 3.05) is 0 Å². The van der Waals surface area contributed by atoms with Crippen LogP contribution in [0.25, 0.3) is 27.8 Å². The van der Waals surface area contributed by atoms with Gasteiger partial charge >= 0.3 is 5.69 Å². The Morgan fingerprint density at radius 3 is 2.56 bits per heavy atom. The van der Waals surface area contributed by atoms with Crippen LogP contribution in [-0.2, 0) is 0 Å². The van der Waals surface area contributed by atoms with Crippen molar-refractivity contribution in [1.29, 1.82) is 5.26 Å². The number of nitrogens with one attached hydrogen (secondary N) is 1. The van der Waals surface area contributed by atoms with Crippen molar-refractivity contribution in [1.82, 2.24) is 24.7 Å². The van der Waals surface area contributed by atoms with E-state index in [0.717, 1.165) is 32.4 Å². The molecule has 5 rings (SSSR count). The smallest absolute Gasteiger partial charge is 0.349 e. The molecule has 176 valence electrons. The second-order valence-corrected chi connectivity index (χ2v) is 8.53. The number of ether oxygens (including phenoxy) is 1. The molecule has 3 heterocycles. The molecule has 3 aromatic heterocycles. The molecule has 11 heteroatoms. The highest BCUT2D eigenvalue weighted by molar-refractivity contribution is 6.37. The zero-order chi connectivity index (χ0) is 25.4. The Labute approximate surface area is 213 Å². The Kier molecular flexibility index (Phi) is 5.98. The number of pyridine rings is 2. The second-order valence-electron chi connectivity index (χ2n) is 7.72. The van der Waals surface area contributed by atoms with Gasteiger partial charge in [0.1, 0.15) is 11.8 Å². The number of nitrogens with zero attached hydrogens (tertiary/aromatic N) is 5. The van der Waals surface area contributed by atoms with E-state index in [1.807, 2.05) is 42.2 Å². The lowest BCUT2D eigenvalue weighted by Gasteiger charge is -2.13. The van der Waals surface area contributed by atoms with Gasteiger partial charge in [0.25, 0.3) is 5.56 Å². The fourth-order valence-corrected chi connectivity index (χ4v) is 4.18. The van der Waals surface area contributed by atoms with E-state index < -0.39 is 16.9 Å². The van der Waals surface area contributed by atoms with Crippen LogP contribution in [0, 0.1) is 18.3 Å². The van der Waals surface area contributed by atoms with Crippen LogP contribution in [-0.4, -0.2) is 24.7 Å². The first-order chi connectivity index (χ1) is 17.3. The number of aromatic amines is 1. The topological polar surface area (TPSA) is 127 Å². The largest absolute Gasteiger partial charge is 0.454 e. The molecule has 0 bridgehead atoms. The fraction of sp³-hybridized carbons (Fsp3) is 0.0400. The summed E-state index contributed by atoms with van der Waals surface area (Å²) < 4.78 is 6.81. The Bertz CT molecular complexity index is 1790. The summed E-state index contributed by atoms with van der Waals surface area (Å²) in [4.78, 5) is 34.7. The lowest BCUT2D eigenvalue weighted by Crippen LogP contribution is -2.33. The summed E-state index contributed by atoms with van der Waals surface area (Å²) in [5.41, 5.74) is 1.45. The van der Waals surface area contributed by atoms with Crippen molar-refractivity contribution in [3.05, 3.63) is 103 Å². The molecule has 0 saturated heterocycles. The third kappa shape index (κ3) is 4.31. The summed E-state index contributed by atoms with van der Waals surface area (Å²) in [6, 6.07) is 15.6. The summed E-state index contributed by atoms with van der Waals surface area (Å²) in [5, 5.41) is 13.9. The van der Waals surface area contributed by atoms with Gasteiger partial charge in [0.05, 0.1) is 26.9 Å². The number of hydrogen-bond donors (Lipinski definition) is 1. The minimum Gasteiger partial charge on any atom is -0.454 e. The maximum Gasteiger partial charge on any atom is 0.349 e. The molecule has 1 N–H and O–H groups in total. The minimum absolute atomic E-state index is 0.0952. The van der Waals surface area contributed by atoms with Crippen LogP contribution >= 0.6 is 23.2 Å². The lowest BCUT2D eigenvalue weighted by molar-refractivity contribution is 0.483. The molecule has 0 atom stereocenters. The maximum atomic E-state index is 12.2. The fourth-order valence-electron chi connectivity index (χ4n) is 3.63. The number of halogens is 2. The molecule has 5 aromatic rings. The molecular formula is C25H14Cl2N6O3. The quantitative estimate of drug-likeness (QED) is 0.363. The van der Waals surface area contributed by atoms with Gasteiger partial charge in [-0.2, -0.15) is 9.94 Å². The molecule has 0 radical (unpaired) electrons. The first kappa shape index (κ1) is 23.2. The van der Waals surface area contributed by atoms with Crippen molar-refractivity contribution >= 4 is 34.1 Å². The van der Waals surface area contributed by atoms with Crippen LogP contribution in [0.15, 0.2) is 70.5 Å². The van der Waals surface area contributed by atoms with E-state index in [2.05, 4.69) is 10.1 Å². The van der Waals surface area contributed by atoms with Gasteiger partial charge in [-0.05, 0) is 61.0 Å². The SMILES string of the molecule is Cc1cc(-c2cccnc2)nc2ccc(Oc3c(Cl)cc(-n4nc(C#N)c(=O)[nH]c4=O)cc3Cl)cc12. The molecular weight excluding hydrogens is 503 g/mol. The number of benzene rings is 2. The van der Waals surface area contributed by atoms with Crippen molar-refractivity contribution in [2.24, 2.45) is 0 Å². The van der Waals surface area contributed by atoms with E-state index in [-0.39, 0.29) is 21.5 Å². The molecule has 2 aromatic carbocycles. The van der Waals surface area contributed by atoms with Crippen LogP contribution in [0.4, 0.5) is 0 Å². The molecule has 36 heavy (non-hydrogen) atoms. The number of aromatic nitrogens is 5. The van der Waals surface area contributed by atoms with Crippen LogP contribution in [0.5, 0.6) is 11.5 Å². The molecule has 0 unspecified atom stereocenters. The maximum absolute atomic E-state index is 12.2. The zero-order valence-electron chi connectivity index (χ0n) is 18.5. The van der Waals surface area contributed by atoms with Gasteiger partial charge in [-0.3, -0.25) is 14.8 Å². The standard InChI is InChI=1S/C25H14Cl2N6O3/c1-13-7-21(14-3-2-6-29-12-14)30-20-5-4-16(10-17(13)20)36-23-18(26)8-15(9-19(23)27)33-25(35)31-24(34)22(11-28)32-33/h2-10,12H,1H3,(H,31,34,35). The van der Waals surface area contributed by atoms with Crippen molar-refractivity contribution in [2.45, 2.75) is 6.92 Å². The van der Waals surface area contributed by atoms with E-state index in [1.54, 1.807) is 24.5 Å². The van der Waals surface area contributed by atoms with E-state index in [4.69, 9.17) is 38.2 Å². The van der Waals surface area contributed by atoms with Crippen molar-refractivity contribution in [3.63, 3.8) is 0 Å². The third-order valence-corrected chi connectivity index (χ3v) is 5.89. The summed E-state index contributed by atoms with van der Waals surface area (Å²) in [5.74, 6) is 0.640. The van der Waals surface area contributed by atoms with Crippen molar-refractivity contribution < 1.29 is 4.74 Å².